The molecule has 18 heavy (non-hydrogen) atoms. The molecule has 0 saturated carbocycles. The van der Waals surface area contributed by atoms with Crippen LogP contribution < -0.4 is 4.74 Å². The Morgan fingerprint density at radius 3 is 2.72 bits per heavy atom. The van der Waals surface area contributed by atoms with Gasteiger partial charge >= 0.3 is 5.69 Å². The maximum atomic E-state index is 10.8. The van der Waals surface area contributed by atoms with Gasteiger partial charge in [-0.25, -0.2) is 4.98 Å². The average Bonchev–Trinajstić information content (AvgIpc) is 2.38. The molecule has 7 heteroatoms. The van der Waals surface area contributed by atoms with Gasteiger partial charge in [-0.2, -0.15) is 0 Å². The highest BCUT2D eigenvalue weighted by atomic mass is 35.5. The van der Waals surface area contributed by atoms with Gasteiger partial charge in [0.05, 0.1) is 23.0 Å². The van der Waals surface area contributed by atoms with Crippen LogP contribution in [-0.2, 0) is 6.61 Å². The van der Waals surface area contributed by atoms with E-state index in [4.69, 9.17) is 16.3 Å². The lowest BCUT2D eigenvalue weighted by Gasteiger charge is -2.05. The molecule has 0 aliphatic rings. The van der Waals surface area contributed by atoms with E-state index in [1.165, 1.54) is 24.5 Å². The zero-order chi connectivity index (χ0) is 13.0. The van der Waals surface area contributed by atoms with Crippen molar-refractivity contribution in [1.82, 2.24) is 9.97 Å². The highest BCUT2D eigenvalue weighted by molar-refractivity contribution is 6.29. The normalized spacial score (nSPS) is 10.1. The lowest BCUT2D eigenvalue weighted by Crippen LogP contribution is -2.01. The number of aromatic nitrogens is 2. The summed E-state index contributed by atoms with van der Waals surface area (Å²) in [6.07, 6.45) is 2.84. The third-order valence-electron chi connectivity index (χ3n) is 2.11. The first kappa shape index (κ1) is 12.3. The molecule has 2 aromatic rings. The highest BCUT2D eigenvalue weighted by Gasteiger charge is 2.13. The predicted molar refractivity (Wildman–Crippen MR) is 64.5 cm³/mol. The Morgan fingerprint density at radius 1 is 1.28 bits per heavy atom. The fraction of sp³-hybridized carbons (Fsp3) is 0.0909. The standard InChI is InChI=1S/C11H8ClN3O3/c12-11-6-13-8(5-14-11)7-18-10-4-2-1-3-9(10)15(16)17/h1-6H,7H2. The second-order valence-electron chi connectivity index (χ2n) is 3.34. The van der Waals surface area contributed by atoms with Gasteiger partial charge in [-0.3, -0.25) is 15.1 Å². The number of nitrogens with zero attached hydrogens (tertiary/aromatic N) is 3. The van der Waals surface area contributed by atoms with Crippen LogP contribution in [0.25, 0.3) is 0 Å². The van der Waals surface area contributed by atoms with Crippen molar-refractivity contribution in [3.8, 4) is 5.75 Å². The highest BCUT2D eigenvalue weighted by Crippen LogP contribution is 2.26. The Hall–Kier alpha value is -2.21. The topological polar surface area (TPSA) is 78.2 Å². The van der Waals surface area contributed by atoms with Crippen molar-refractivity contribution >= 4 is 17.3 Å². The molecule has 0 spiro atoms. The van der Waals surface area contributed by atoms with Gasteiger partial charge < -0.3 is 4.74 Å². The van der Waals surface area contributed by atoms with Crippen LogP contribution in [0, 0.1) is 10.1 Å². The number of para-hydroxylation sites is 2. The van der Waals surface area contributed by atoms with Crippen LogP contribution in [0.2, 0.25) is 5.15 Å². The van der Waals surface area contributed by atoms with E-state index >= 15 is 0 Å². The molecule has 0 radical (unpaired) electrons. The minimum atomic E-state index is -0.497. The predicted octanol–water partition coefficient (Wildman–Crippen LogP) is 2.62. The molecular formula is C11H8ClN3O3. The molecule has 6 nitrogen and oxygen atoms in total. The van der Waals surface area contributed by atoms with Gasteiger partial charge in [0, 0.05) is 6.07 Å². The van der Waals surface area contributed by atoms with Gasteiger partial charge in [0.25, 0.3) is 0 Å². The maximum absolute atomic E-state index is 10.8. The number of nitro groups is 1. The molecule has 0 unspecified atom stereocenters. The van der Waals surface area contributed by atoms with Gasteiger partial charge in [-0.15, -0.1) is 0 Å². The number of nitro benzene ring substituents is 1. The van der Waals surface area contributed by atoms with E-state index in [2.05, 4.69) is 9.97 Å². The fourth-order valence-corrected chi connectivity index (χ4v) is 1.39. The van der Waals surface area contributed by atoms with Crippen LogP contribution in [0.4, 0.5) is 5.69 Å². The third-order valence-corrected chi connectivity index (χ3v) is 2.31. The molecule has 0 amide bonds. The lowest BCUT2D eigenvalue weighted by atomic mass is 10.3. The second-order valence-corrected chi connectivity index (χ2v) is 3.73. The Balaban J connectivity index is 2.10. The number of hydrogen-bond acceptors (Lipinski definition) is 5. The molecule has 0 saturated heterocycles. The third kappa shape index (κ3) is 2.92. The van der Waals surface area contributed by atoms with Crippen LogP contribution in [0.3, 0.4) is 0 Å². The quantitative estimate of drug-likeness (QED) is 0.627. The maximum Gasteiger partial charge on any atom is 0.310 e. The molecular weight excluding hydrogens is 258 g/mol. The van der Waals surface area contributed by atoms with Crippen molar-refractivity contribution in [1.29, 1.82) is 0 Å². The Labute approximate surface area is 107 Å². The summed E-state index contributed by atoms with van der Waals surface area (Å²) >= 11 is 5.59. The van der Waals surface area contributed by atoms with E-state index in [-0.39, 0.29) is 23.2 Å². The summed E-state index contributed by atoms with van der Waals surface area (Å²) < 4.78 is 5.34. The first-order valence-electron chi connectivity index (χ1n) is 4.99. The summed E-state index contributed by atoms with van der Waals surface area (Å²) in [5, 5.41) is 11.0. The molecule has 0 fully saturated rings. The van der Waals surface area contributed by atoms with Crippen LogP contribution in [0.1, 0.15) is 5.69 Å². The smallest absolute Gasteiger partial charge is 0.310 e. The van der Waals surface area contributed by atoms with Crippen molar-refractivity contribution in [2.45, 2.75) is 6.61 Å². The zero-order valence-electron chi connectivity index (χ0n) is 9.12. The van der Waals surface area contributed by atoms with Crippen molar-refractivity contribution in [2.75, 3.05) is 0 Å². The molecule has 0 atom stereocenters. The summed E-state index contributed by atoms with van der Waals surface area (Å²) in [7, 11) is 0. The molecule has 0 aliphatic carbocycles. The summed E-state index contributed by atoms with van der Waals surface area (Å²) in [5.74, 6) is 0.194. The summed E-state index contributed by atoms with van der Waals surface area (Å²) in [5.41, 5.74) is 0.456. The van der Waals surface area contributed by atoms with E-state index in [0.717, 1.165) is 0 Å². The van der Waals surface area contributed by atoms with Crippen molar-refractivity contribution in [3.63, 3.8) is 0 Å². The molecule has 1 aromatic carbocycles. The second kappa shape index (κ2) is 5.42. The summed E-state index contributed by atoms with van der Waals surface area (Å²) in [4.78, 5) is 18.1. The van der Waals surface area contributed by atoms with Crippen LogP contribution in [0.5, 0.6) is 5.75 Å². The molecule has 1 aromatic heterocycles. The number of rotatable bonds is 4. The van der Waals surface area contributed by atoms with Gasteiger partial charge in [-0.05, 0) is 6.07 Å². The first-order valence-corrected chi connectivity index (χ1v) is 5.37. The van der Waals surface area contributed by atoms with Crippen molar-refractivity contribution < 1.29 is 9.66 Å². The largest absolute Gasteiger partial charge is 0.480 e. The Bertz CT molecular complexity index is 560. The van der Waals surface area contributed by atoms with E-state index < -0.39 is 4.92 Å². The van der Waals surface area contributed by atoms with Gasteiger partial charge in [0.15, 0.2) is 5.75 Å². The van der Waals surface area contributed by atoms with Gasteiger partial charge in [0.1, 0.15) is 11.8 Å². The SMILES string of the molecule is O=[N+]([O-])c1ccccc1OCc1cnc(Cl)cn1. The van der Waals surface area contributed by atoms with Crippen LogP contribution in [-0.4, -0.2) is 14.9 Å². The molecule has 2 rings (SSSR count). The average molecular weight is 266 g/mol. The minimum absolute atomic E-state index is 0.0839. The summed E-state index contributed by atoms with van der Waals surface area (Å²) in [6.45, 7) is 0.0923. The van der Waals surface area contributed by atoms with Crippen LogP contribution in [0.15, 0.2) is 36.7 Å². The van der Waals surface area contributed by atoms with Gasteiger partial charge in [-0.1, -0.05) is 23.7 Å². The number of halogens is 1. The number of ether oxygens (including phenoxy) is 1. The van der Waals surface area contributed by atoms with Crippen molar-refractivity contribution in [3.05, 3.63) is 57.6 Å². The Morgan fingerprint density at radius 2 is 2.06 bits per heavy atom. The number of hydrogen-bond donors (Lipinski definition) is 0. The number of benzene rings is 1. The van der Waals surface area contributed by atoms with E-state index in [1.807, 2.05) is 0 Å². The van der Waals surface area contributed by atoms with Crippen molar-refractivity contribution in [2.24, 2.45) is 0 Å². The minimum Gasteiger partial charge on any atom is -0.480 e. The zero-order valence-corrected chi connectivity index (χ0v) is 9.87. The first-order chi connectivity index (χ1) is 8.66. The molecule has 1 heterocycles. The van der Waals surface area contributed by atoms with E-state index in [0.29, 0.717) is 5.69 Å². The van der Waals surface area contributed by atoms with E-state index in [1.54, 1.807) is 12.1 Å². The molecule has 0 N–H and O–H groups in total. The Kier molecular flexibility index (Phi) is 3.69. The molecule has 0 aliphatic heterocycles. The van der Waals surface area contributed by atoms with E-state index in [9.17, 15) is 10.1 Å². The fourth-order valence-electron chi connectivity index (χ4n) is 1.30. The molecule has 92 valence electrons. The lowest BCUT2D eigenvalue weighted by molar-refractivity contribution is -0.385. The van der Waals surface area contributed by atoms with Crippen LogP contribution >= 0.6 is 11.6 Å². The monoisotopic (exact) mass is 265 g/mol. The van der Waals surface area contributed by atoms with Gasteiger partial charge in [0.2, 0.25) is 0 Å². The summed E-state index contributed by atoms with van der Waals surface area (Å²) in [6, 6.07) is 6.15. The molecule has 0 bridgehead atoms.